The van der Waals surface area contributed by atoms with Gasteiger partial charge in [-0.05, 0) is 25.6 Å². The fraction of sp³-hybridized carbons (Fsp3) is 0.300. The summed E-state index contributed by atoms with van der Waals surface area (Å²) in [5.74, 6) is -0.758. The molecule has 0 radical (unpaired) electrons. The molecular weight excluding hydrogens is 205 g/mol. The maximum atomic E-state index is 13.1. The summed E-state index contributed by atoms with van der Waals surface area (Å²) in [6, 6.07) is 2.80. The molecule has 1 aromatic rings. The first-order valence-corrected chi connectivity index (χ1v) is 4.58. The molecule has 1 N–H and O–H groups in total. The molecule has 4 heteroatoms. The summed E-state index contributed by atoms with van der Waals surface area (Å²) < 4.78 is 13.1. The average molecular weight is 216 g/mol. The number of aryl methyl sites for hydroxylation is 1. The molecule has 0 bridgehead atoms. The number of hydrogen-bond donors (Lipinski definition) is 1. The van der Waals surface area contributed by atoms with Crippen LogP contribution in [-0.2, 0) is 0 Å². The van der Waals surface area contributed by atoms with Gasteiger partial charge in [-0.3, -0.25) is 4.79 Å². The van der Waals surface area contributed by atoms with E-state index in [1.54, 1.807) is 20.0 Å². The number of hydrogen-bond acceptors (Lipinski definition) is 2. The van der Waals surface area contributed by atoms with Crippen molar-refractivity contribution in [3.63, 3.8) is 0 Å². The van der Waals surface area contributed by atoms with E-state index in [1.807, 2.05) is 0 Å². The van der Waals surface area contributed by atoms with Gasteiger partial charge in [0.15, 0.2) is 5.78 Å². The van der Waals surface area contributed by atoms with Crippen LogP contribution in [0.5, 0.6) is 0 Å². The van der Waals surface area contributed by atoms with Crippen molar-refractivity contribution in [2.24, 2.45) is 0 Å². The summed E-state index contributed by atoms with van der Waals surface area (Å²) in [7, 11) is 1.65. The van der Waals surface area contributed by atoms with Crippen molar-refractivity contribution in [1.29, 1.82) is 0 Å². The lowest BCUT2D eigenvalue weighted by atomic mass is 10.0. The fourth-order valence-corrected chi connectivity index (χ4v) is 1.56. The van der Waals surface area contributed by atoms with Crippen LogP contribution in [0.4, 0.5) is 4.39 Å². The summed E-state index contributed by atoms with van der Waals surface area (Å²) in [6.45, 7) is 1.89. The van der Waals surface area contributed by atoms with Crippen molar-refractivity contribution in [1.82, 2.24) is 5.32 Å². The van der Waals surface area contributed by atoms with Gasteiger partial charge in [-0.2, -0.15) is 0 Å². The Labute approximate surface area is 87.1 Å². The van der Waals surface area contributed by atoms with E-state index < -0.39 is 5.82 Å². The molecule has 0 aliphatic rings. The number of rotatable bonds is 3. The highest BCUT2D eigenvalue weighted by atomic mass is 35.5. The molecule has 0 saturated heterocycles. The van der Waals surface area contributed by atoms with Crippen LogP contribution < -0.4 is 5.32 Å². The van der Waals surface area contributed by atoms with E-state index in [-0.39, 0.29) is 22.9 Å². The molecule has 0 atom stereocenters. The van der Waals surface area contributed by atoms with Gasteiger partial charge in [-0.15, -0.1) is 0 Å². The van der Waals surface area contributed by atoms with Crippen LogP contribution in [0, 0.1) is 12.7 Å². The van der Waals surface area contributed by atoms with Crippen molar-refractivity contribution in [2.75, 3.05) is 13.6 Å². The molecule has 0 aliphatic heterocycles. The van der Waals surface area contributed by atoms with Crippen molar-refractivity contribution in [3.05, 3.63) is 34.1 Å². The second kappa shape index (κ2) is 4.53. The molecule has 2 nitrogen and oxygen atoms in total. The maximum absolute atomic E-state index is 13.1. The molecule has 1 rings (SSSR count). The molecule has 14 heavy (non-hydrogen) atoms. The third kappa shape index (κ3) is 2.11. The van der Waals surface area contributed by atoms with Crippen LogP contribution in [0.1, 0.15) is 15.9 Å². The number of Topliss-reactive ketones (excluding diaryl/α,β-unsaturated/α-hetero) is 1. The van der Waals surface area contributed by atoms with Crippen LogP contribution in [0.3, 0.4) is 0 Å². The summed E-state index contributed by atoms with van der Waals surface area (Å²) in [5.41, 5.74) is 0.956. The van der Waals surface area contributed by atoms with Gasteiger partial charge in [0.1, 0.15) is 5.82 Å². The Morgan fingerprint density at radius 1 is 1.57 bits per heavy atom. The normalized spacial score (nSPS) is 10.3. The largest absolute Gasteiger partial charge is 0.313 e. The molecule has 0 aliphatic carbocycles. The lowest BCUT2D eigenvalue weighted by Crippen LogP contribution is -2.20. The van der Waals surface area contributed by atoms with Crippen LogP contribution in [0.2, 0.25) is 5.02 Å². The Kier molecular flexibility index (Phi) is 3.61. The topological polar surface area (TPSA) is 29.1 Å². The van der Waals surface area contributed by atoms with E-state index >= 15 is 0 Å². The maximum Gasteiger partial charge on any atom is 0.178 e. The predicted octanol–water partition coefficient (Wildman–Crippen LogP) is 2.19. The Bertz CT molecular complexity index is 365. The molecule has 0 unspecified atom stereocenters. The second-order valence-electron chi connectivity index (χ2n) is 3.01. The Morgan fingerprint density at radius 3 is 2.79 bits per heavy atom. The zero-order valence-electron chi connectivity index (χ0n) is 8.03. The molecule has 0 amide bonds. The second-order valence-corrected chi connectivity index (χ2v) is 3.38. The third-order valence-corrected chi connectivity index (χ3v) is 2.29. The van der Waals surface area contributed by atoms with Gasteiger partial charge in [0, 0.05) is 5.56 Å². The number of nitrogens with one attached hydrogen (secondary N) is 1. The highest BCUT2D eigenvalue weighted by Gasteiger charge is 2.15. The minimum Gasteiger partial charge on any atom is -0.313 e. The van der Waals surface area contributed by atoms with Crippen LogP contribution in [0.15, 0.2) is 12.1 Å². The first-order valence-electron chi connectivity index (χ1n) is 4.20. The number of likely N-dealkylation sites (N-methyl/N-ethyl adjacent to an activating group) is 1. The highest BCUT2D eigenvalue weighted by molar-refractivity contribution is 6.34. The Hall–Kier alpha value is -0.930. The number of carbonyl (C=O) groups excluding carboxylic acids is 1. The standard InChI is InChI=1S/C10H11ClFNO/c1-6-3-4-7(12)10(11)9(6)8(14)5-13-2/h3-4,13H,5H2,1-2H3. The van der Waals surface area contributed by atoms with Crippen LogP contribution >= 0.6 is 11.6 Å². The lowest BCUT2D eigenvalue weighted by Gasteiger charge is -2.07. The highest BCUT2D eigenvalue weighted by Crippen LogP contribution is 2.23. The number of halogens is 2. The van der Waals surface area contributed by atoms with E-state index in [0.717, 1.165) is 0 Å². The molecule has 1 aromatic carbocycles. The van der Waals surface area contributed by atoms with E-state index in [1.165, 1.54) is 6.07 Å². The van der Waals surface area contributed by atoms with Crippen LogP contribution in [-0.4, -0.2) is 19.4 Å². The molecule has 0 saturated carbocycles. The zero-order chi connectivity index (χ0) is 10.7. The van der Waals surface area contributed by atoms with Crippen LogP contribution in [0.25, 0.3) is 0 Å². The van der Waals surface area contributed by atoms with Gasteiger partial charge < -0.3 is 5.32 Å². The average Bonchev–Trinajstić information content (AvgIpc) is 2.13. The van der Waals surface area contributed by atoms with Gasteiger partial charge in [0.2, 0.25) is 0 Å². The first-order chi connectivity index (χ1) is 6.57. The monoisotopic (exact) mass is 215 g/mol. The molecule has 0 heterocycles. The summed E-state index contributed by atoms with van der Waals surface area (Å²) in [4.78, 5) is 11.5. The van der Waals surface area contributed by atoms with Gasteiger partial charge in [0.25, 0.3) is 0 Å². The zero-order valence-corrected chi connectivity index (χ0v) is 8.78. The SMILES string of the molecule is CNCC(=O)c1c(C)ccc(F)c1Cl. The number of carbonyl (C=O) groups is 1. The third-order valence-electron chi connectivity index (χ3n) is 1.92. The molecular formula is C10H11ClFNO. The lowest BCUT2D eigenvalue weighted by molar-refractivity contribution is 0.0992. The van der Waals surface area contributed by atoms with Crippen molar-refractivity contribution in [2.45, 2.75) is 6.92 Å². The van der Waals surface area contributed by atoms with Crippen molar-refractivity contribution in [3.8, 4) is 0 Å². The van der Waals surface area contributed by atoms with E-state index in [9.17, 15) is 9.18 Å². The van der Waals surface area contributed by atoms with Gasteiger partial charge in [-0.25, -0.2) is 4.39 Å². The molecule has 76 valence electrons. The van der Waals surface area contributed by atoms with Gasteiger partial charge in [0.05, 0.1) is 11.6 Å². The number of ketones is 1. The van der Waals surface area contributed by atoms with Crippen molar-refractivity contribution >= 4 is 17.4 Å². The first kappa shape index (κ1) is 11.1. The molecule has 0 aromatic heterocycles. The predicted molar refractivity (Wildman–Crippen MR) is 54.4 cm³/mol. The van der Waals surface area contributed by atoms with Gasteiger partial charge >= 0.3 is 0 Å². The van der Waals surface area contributed by atoms with E-state index in [4.69, 9.17) is 11.6 Å². The van der Waals surface area contributed by atoms with E-state index in [2.05, 4.69) is 5.32 Å². The molecule has 0 spiro atoms. The van der Waals surface area contributed by atoms with Crippen molar-refractivity contribution < 1.29 is 9.18 Å². The van der Waals surface area contributed by atoms with E-state index in [0.29, 0.717) is 5.56 Å². The Balaban J connectivity index is 3.18. The minimum absolute atomic E-state index is 0.0924. The quantitative estimate of drug-likeness (QED) is 0.784. The molecule has 0 fully saturated rings. The number of benzene rings is 1. The summed E-state index contributed by atoms with van der Waals surface area (Å²) in [5, 5.41) is 2.62. The smallest absolute Gasteiger partial charge is 0.178 e. The summed E-state index contributed by atoms with van der Waals surface area (Å²) in [6.07, 6.45) is 0. The Morgan fingerprint density at radius 2 is 2.21 bits per heavy atom. The summed E-state index contributed by atoms with van der Waals surface area (Å²) >= 11 is 5.71. The fourth-order valence-electron chi connectivity index (χ4n) is 1.24. The van der Waals surface area contributed by atoms with Gasteiger partial charge in [-0.1, -0.05) is 17.7 Å². The minimum atomic E-state index is -0.559.